The van der Waals surface area contributed by atoms with Crippen LogP contribution in [0.5, 0.6) is 0 Å². The van der Waals surface area contributed by atoms with Crippen LogP contribution in [0.1, 0.15) is 42.4 Å². The highest BCUT2D eigenvalue weighted by Crippen LogP contribution is 2.21. The minimum Gasteiger partial charge on any atom is -0.352 e. The first-order valence-electron chi connectivity index (χ1n) is 12.1. The Labute approximate surface area is 211 Å². The molecule has 35 heavy (non-hydrogen) atoms. The summed E-state index contributed by atoms with van der Waals surface area (Å²) < 4.78 is 13.5. The quantitative estimate of drug-likeness (QED) is 0.415. The van der Waals surface area contributed by atoms with Crippen molar-refractivity contribution >= 4 is 23.4 Å². The third kappa shape index (κ3) is 7.15. The maximum absolute atomic E-state index is 13.7. The molecular formula is C29H30ClFN2O2. The lowest BCUT2D eigenvalue weighted by Gasteiger charge is -2.32. The molecule has 0 unspecified atom stereocenters. The van der Waals surface area contributed by atoms with Gasteiger partial charge in [0.05, 0.1) is 6.42 Å². The van der Waals surface area contributed by atoms with Crippen molar-refractivity contribution in [2.24, 2.45) is 0 Å². The van der Waals surface area contributed by atoms with Crippen LogP contribution in [0.25, 0.3) is 0 Å². The number of carbonyl (C=O) groups is 2. The van der Waals surface area contributed by atoms with E-state index in [0.29, 0.717) is 11.4 Å². The first-order chi connectivity index (χ1) is 17.0. The number of hydrogen-bond acceptors (Lipinski definition) is 2. The highest BCUT2D eigenvalue weighted by atomic mass is 35.5. The molecule has 4 rings (SSSR count). The number of hydrogen-bond donors (Lipinski definition) is 1. The standard InChI is InChI=1S/C29H30ClFN2O2/c30-24-14-10-22(11-15-24)19-28(34)33(20-23-12-16-25(31)17-13-23)27(18-21-6-2-1-3-7-21)29(35)32-26-8-4-5-9-26/h1-3,6-7,10-17,26-27H,4-5,8-9,18-20H2,(H,32,35)/t27-/m1/s1. The van der Waals surface area contributed by atoms with Gasteiger partial charge in [-0.05, 0) is 53.8 Å². The summed E-state index contributed by atoms with van der Waals surface area (Å²) >= 11 is 6.02. The van der Waals surface area contributed by atoms with E-state index in [9.17, 15) is 14.0 Å². The molecule has 1 saturated carbocycles. The van der Waals surface area contributed by atoms with Gasteiger partial charge in [-0.3, -0.25) is 9.59 Å². The Balaban J connectivity index is 1.64. The maximum atomic E-state index is 13.7. The smallest absolute Gasteiger partial charge is 0.243 e. The number of amides is 2. The van der Waals surface area contributed by atoms with Gasteiger partial charge >= 0.3 is 0 Å². The van der Waals surface area contributed by atoms with Crippen LogP contribution < -0.4 is 5.32 Å². The minimum atomic E-state index is -0.692. The Morgan fingerprint density at radius 1 is 0.886 bits per heavy atom. The van der Waals surface area contributed by atoms with Crippen LogP contribution in [0.3, 0.4) is 0 Å². The van der Waals surface area contributed by atoms with Gasteiger partial charge in [0.15, 0.2) is 0 Å². The number of nitrogens with zero attached hydrogens (tertiary/aromatic N) is 1. The molecule has 0 aliphatic heterocycles. The summed E-state index contributed by atoms with van der Waals surface area (Å²) in [5, 5.41) is 3.79. The zero-order valence-corrected chi connectivity index (χ0v) is 20.4. The van der Waals surface area contributed by atoms with Crippen LogP contribution in [0.15, 0.2) is 78.9 Å². The van der Waals surface area contributed by atoms with Crippen molar-refractivity contribution in [2.45, 2.75) is 57.2 Å². The average molecular weight is 493 g/mol. The summed E-state index contributed by atoms with van der Waals surface area (Å²) in [5.74, 6) is -0.654. The molecule has 1 atom stereocenters. The Bertz CT molecular complexity index is 1110. The van der Waals surface area contributed by atoms with Gasteiger partial charge in [0, 0.05) is 24.0 Å². The molecule has 1 fully saturated rings. The highest BCUT2D eigenvalue weighted by Gasteiger charge is 2.32. The van der Waals surface area contributed by atoms with Crippen LogP contribution in [-0.4, -0.2) is 28.8 Å². The lowest BCUT2D eigenvalue weighted by atomic mass is 10.0. The van der Waals surface area contributed by atoms with Crippen molar-refractivity contribution in [3.8, 4) is 0 Å². The second-order valence-corrected chi connectivity index (χ2v) is 9.58. The fourth-order valence-electron chi connectivity index (χ4n) is 4.59. The van der Waals surface area contributed by atoms with Gasteiger partial charge in [-0.25, -0.2) is 4.39 Å². The molecule has 1 aliphatic carbocycles. The first-order valence-corrected chi connectivity index (χ1v) is 12.5. The third-order valence-electron chi connectivity index (χ3n) is 6.51. The van der Waals surface area contributed by atoms with E-state index >= 15 is 0 Å². The average Bonchev–Trinajstić information content (AvgIpc) is 3.37. The predicted molar refractivity (Wildman–Crippen MR) is 136 cm³/mol. The molecular weight excluding hydrogens is 463 g/mol. The van der Waals surface area contributed by atoms with Crippen LogP contribution in [0.2, 0.25) is 5.02 Å². The van der Waals surface area contributed by atoms with Crippen molar-refractivity contribution < 1.29 is 14.0 Å². The number of benzene rings is 3. The predicted octanol–water partition coefficient (Wildman–Crippen LogP) is 5.72. The van der Waals surface area contributed by atoms with Crippen LogP contribution in [0, 0.1) is 5.82 Å². The van der Waals surface area contributed by atoms with Gasteiger partial charge in [-0.15, -0.1) is 0 Å². The molecule has 3 aromatic rings. The first kappa shape index (κ1) is 24.9. The van der Waals surface area contributed by atoms with E-state index in [1.54, 1.807) is 29.2 Å². The monoisotopic (exact) mass is 492 g/mol. The fourth-order valence-corrected chi connectivity index (χ4v) is 4.71. The Morgan fingerprint density at radius 3 is 2.17 bits per heavy atom. The molecule has 0 heterocycles. The van der Waals surface area contributed by atoms with Gasteiger partial charge in [0.2, 0.25) is 11.8 Å². The van der Waals surface area contributed by atoms with Crippen LogP contribution in [0.4, 0.5) is 4.39 Å². The van der Waals surface area contributed by atoms with Crippen molar-refractivity contribution in [3.63, 3.8) is 0 Å². The largest absolute Gasteiger partial charge is 0.352 e. The Kier molecular flexibility index (Phi) is 8.54. The molecule has 0 bridgehead atoms. The zero-order chi connectivity index (χ0) is 24.6. The lowest BCUT2D eigenvalue weighted by molar-refractivity contribution is -0.141. The van der Waals surface area contributed by atoms with Gasteiger partial charge < -0.3 is 10.2 Å². The molecule has 1 N–H and O–H groups in total. The SMILES string of the molecule is O=C(NC1CCCC1)[C@@H](Cc1ccccc1)N(Cc1ccc(F)cc1)C(=O)Cc1ccc(Cl)cc1. The van der Waals surface area contributed by atoms with E-state index in [2.05, 4.69) is 5.32 Å². The second kappa shape index (κ2) is 12.0. The van der Waals surface area contributed by atoms with Gasteiger partial charge in [-0.2, -0.15) is 0 Å². The third-order valence-corrected chi connectivity index (χ3v) is 6.76. The number of nitrogens with one attached hydrogen (secondary N) is 1. The van der Waals surface area contributed by atoms with E-state index in [1.165, 1.54) is 12.1 Å². The van der Waals surface area contributed by atoms with Gasteiger partial charge in [-0.1, -0.05) is 79.0 Å². The molecule has 1 aliphatic rings. The summed E-state index contributed by atoms with van der Waals surface area (Å²) in [4.78, 5) is 28.9. The molecule has 0 aromatic heterocycles. The molecule has 6 heteroatoms. The van der Waals surface area contributed by atoms with Crippen molar-refractivity contribution in [1.82, 2.24) is 10.2 Å². The molecule has 0 saturated heterocycles. The molecule has 4 nitrogen and oxygen atoms in total. The highest BCUT2D eigenvalue weighted by molar-refractivity contribution is 6.30. The van der Waals surface area contributed by atoms with Gasteiger partial charge in [0.25, 0.3) is 0 Å². The summed E-state index contributed by atoms with van der Waals surface area (Å²) in [6, 6.07) is 22.4. The van der Waals surface area contributed by atoms with Crippen molar-refractivity contribution in [2.75, 3.05) is 0 Å². The fraction of sp³-hybridized carbons (Fsp3) is 0.310. The number of halogens is 2. The summed E-state index contributed by atoms with van der Waals surface area (Å²) in [5.41, 5.74) is 2.56. The summed E-state index contributed by atoms with van der Waals surface area (Å²) in [6.07, 6.45) is 4.65. The van der Waals surface area contributed by atoms with Crippen LogP contribution in [-0.2, 0) is 29.0 Å². The molecule has 0 radical (unpaired) electrons. The Hall–Kier alpha value is -3.18. The van der Waals surface area contributed by atoms with E-state index in [-0.39, 0.29) is 36.6 Å². The van der Waals surface area contributed by atoms with E-state index in [1.807, 2.05) is 42.5 Å². The second-order valence-electron chi connectivity index (χ2n) is 9.15. The number of rotatable bonds is 9. The normalized spacial score (nSPS) is 14.5. The van der Waals surface area contributed by atoms with Gasteiger partial charge in [0.1, 0.15) is 11.9 Å². The zero-order valence-electron chi connectivity index (χ0n) is 19.6. The van der Waals surface area contributed by atoms with Crippen molar-refractivity contribution in [1.29, 1.82) is 0 Å². The molecule has 3 aromatic carbocycles. The topological polar surface area (TPSA) is 49.4 Å². The summed E-state index contributed by atoms with van der Waals surface area (Å²) in [7, 11) is 0. The summed E-state index contributed by atoms with van der Waals surface area (Å²) in [6.45, 7) is 0.211. The lowest BCUT2D eigenvalue weighted by Crippen LogP contribution is -2.52. The number of carbonyl (C=O) groups excluding carboxylic acids is 2. The molecule has 182 valence electrons. The van der Waals surface area contributed by atoms with Crippen molar-refractivity contribution in [3.05, 3.63) is 106 Å². The van der Waals surface area contributed by atoms with E-state index in [0.717, 1.165) is 42.4 Å². The molecule has 2 amide bonds. The minimum absolute atomic E-state index is 0.139. The van der Waals surface area contributed by atoms with E-state index in [4.69, 9.17) is 11.6 Å². The van der Waals surface area contributed by atoms with E-state index < -0.39 is 6.04 Å². The van der Waals surface area contributed by atoms with Crippen LogP contribution >= 0.6 is 11.6 Å². The molecule has 0 spiro atoms. The maximum Gasteiger partial charge on any atom is 0.243 e. The Morgan fingerprint density at radius 2 is 1.51 bits per heavy atom.